The molecule has 0 heterocycles. The van der Waals surface area contributed by atoms with Crippen LogP contribution in [0, 0.1) is 0 Å². The Morgan fingerprint density at radius 2 is 1.57 bits per heavy atom. The van der Waals surface area contributed by atoms with Crippen molar-refractivity contribution < 1.29 is 19.3 Å². The van der Waals surface area contributed by atoms with Crippen LogP contribution in [0.15, 0.2) is 42.5 Å². The van der Waals surface area contributed by atoms with Gasteiger partial charge in [0.25, 0.3) is 0 Å². The highest BCUT2D eigenvalue weighted by Gasteiger charge is 2.16. The average Bonchev–Trinajstić information content (AvgIpc) is 2.52. The highest BCUT2D eigenvalue weighted by molar-refractivity contribution is 5.54. The Hall–Kier alpha value is -2.20. The van der Waals surface area contributed by atoms with Gasteiger partial charge in [-0.25, -0.2) is 0 Å². The van der Waals surface area contributed by atoms with Crippen molar-refractivity contribution >= 4 is 0 Å². The van der Waals surface area contributed by atoms with Crippen LogP contribution < -0.4 is 14.2 Å². The summed E-state index contributed by atoms with van der Waals surface area (Å²) in [6, 6.07) is 13.4. The molecule has 0 saturated carbocycles. The molecule has 0 amide bonds. The molecule has 0 radical (unpaired) electrons. The van der Waals surface area contributed by atoms with Gasteiger partial charge >= 0.3 is 0 Å². The van der Waals surface area contributed by atoms with Crippen LogP contribution in [-0.4, -0.2) is 19.3 Å². The molecule has 4 nitrogen and oxygen atoms in total. The summed E-state index contributed by atoms with van der Waals surface area (Å²) in [4.78, 5) is 0. The summed E-state index contributed by atoms with van der Waals surface area (Å²) in [5.74, 6) is 1.62. The number of rotatable bonds is 6. The number of hydrogen-bond donors (Lipinski definition) is 1. The minimum Gasteiger partial charge on any atom is -0.493 e. The Bertz CT molecular complexity index is 554. The molecule has 2 aromatic carbocycles. The van der Waals surface area contributed by atoms with E-state index < -0.39 is 6.10 Å². The first-order valence-electron chi connectivity index (χ1n) is 6.76. The quantitative estimate of drug-likeness (QED) is 0.885. The van der Waals surface area contributed by atoms with Crippen LogP contribution in [-0.2, 0) is 6.61 Å². The second-order valence-electron chi connectivity index (χ2n) is 4.70. The van der Waals surface area contributed by atoms with Crippen molar-refractivity contribution in [3.8, 4) is 17.2 Å². The molecule has 1 N–H and O–H groups in total. The molecule has 0 saturated heterocycles. The Kier molecular flexibility index (Phi) is 5.06. The largest absolute Gasteiger partial charge is 0.493 e. The molecule has 0 bridgehead atoms. The van der Waals surface area contributed by atoms with Crippen molar-refractivity contribution in [2.24, 2.45) is 0 Å². The predicted molar refractivity (Wildman–Crippen MR) is 81.0 cm³/mol. The van der Waals surface area contributed by atoms with Gasteiger partial charge in [-0.05, 0) is 30.2 Å². The number of ether oxygens (including phenoxy) is 3. The van der Waals surface area contributed by atoms with Gasteiger partial charge in [-0.15, -0.1) is 0 Å². The van der Waals surface area contributed by atoms with Gasteiger partial charge in [-0.3, -0.25) is 0 Å². The summed E-state index contributed by atoms with van der Waals surface area (Å²) in [7, 11) is 3.13. The van der Waals surface area contributed by atoms with Crippen molar-refractivity contribution in [2.75, 3.05) is 14.2 Å². The number of hydrogen-bond acceptors (Lipinski definition) is 4. The van der Waals surface area contributed by atoms with Gasteiger partial charge in [-0.1, -0.05) is 30.3 Å². The summed E-state index contributed by atoms with van der Waals surface area (Å²) in [6.07, 6.45) is -0.601. The molecule has 2 aromatic rings. The van der Waals surface area contributed by atoms with Crippen molar-refractivity contribution in [1.82, 2.24) is 0 Å². The minimum atomic E-state index is -0.601. The van der Waals surface area contributed by atoms with E-state index in [1.54, 1.807) is 33.3 Å². The van der Waals surface area contributed by atoms with Gasteiger partial charge < -0.3 is 19.3 Å². The molecular formula is C17H20O4. The average molecular weight is 288 g/mol. The van der Waals surface area contributed by atoms with E-state index in [1.165, 1.54) is 0 Å². The van der Waals surface area contributed by atoms with Gasteiger partial charge in [0.1, 0.15) is 6.61 Å². The van der Waals surface area contributed by atoms with Gasteiger partial charge in [0.05, 0.1) is 20.3 Å². The van der Waals surface area contributed by atoms with Crippen molar-refractivity contribution in [3.63, 3.8) is 0 Å². The first kappa shape index (κ1) is 15.2. The third kappa shape index (κ3) is 3.67. The minimum absolute atomic E-state index is 0.418. The van der Waals surface area contributed by atoms with Crippen LogP contribution >= 0.6 is 0 Å². The van der Waals surface area contributed by atoms with E-state index >= 15 is 0 Å². The standard InChI is InChI=1S/C17H20O4/c1-12(18)14-9-15(19-2)17(16(10-14)20-3)21-11-13-7-5-4-6-8-13/h4-10,12,18H,11H2,1-3H3. The number of aliphatic hydroxyl groups excluding tert-OH is 1. The highest BCUT2D eigenvalue weighted by atomic mass is 16.5. The molecule has 21 heavy (non-hydrogen) atoms. The molecule has 2 rings (SSSR count). The maximum atomic E-state index is 9.71. The lowest BCUT2D eigenvalue weighted by molar-refractivity contribution is 0.197. The molecule has 0 fully saturated rings. The topological polar surface area (TPSA) is 47.9 Å². The smallest absolute Gasteiger partial charge is 0.203 e. The maximum absolute atomic E-state index is 9.71. The molecule has 0 aliphatic heterocycles. The van der Waals surface area contributed by atoms with Crippen LogP contribution in [0.5, 0.6) is 17.2 Å². The second-order valence-corrected chi connectivity index (χ2v) is 4.70. The Morgan fingerprint density at radius 3 is 2.05 bits per heavy atom. The monoisotopic (exact) mass is 288 g/mol. The first-order valence-corrected chi connectivity index (χ1v) is 6.76. The normalized spacial score (nSPS) is 11.8. The summed E-state index contributed by atoms with van der Waals surface area (Å²) < 4.78 is 16.5. The van der Waals surface area contributed by atoms with E-state index in [9.17, 15) is 5.11 Å². The second kappa shape index (κ2) is 6.99. The highest BCUT2D eigenvalue weighted by Crippen LogP contribution is 2.40. The van der Waals surface area contributed by atoms with Gasteiger partial charge in [0, 0.05) is 0 Å². The summed E-state index contributed by atoms with van der Waals surface area (Å²) in [5.41, 5.74) is 1.77. The Balaban J connectivity index is 2.28. The molecule has 1 unspecified atom stereocenters. The molecule has 1 atom stereocenters. The van der Waals surface area contributed by atoms with E-state index in [0.717, 1.165) is 11.1 Å². The van der Waals surface area contributed by atoms with E-state index in [4.69, 9.17) is 14.2 Å². The molecule has 0 spiro atoms. The van der Waals surface area contributed by atoms with Gasteiger partial charge in [-0.2, -0.15) is 0 Å². The lowest BCUT2D eigenvalue weighted by atomic mass is 10.1. The van der Waals surface area contributed by atoms with Crippen molar-refractivity contribution in [1.29, 1.82) is 0 Å². The van der Waals surface area contributed by atoms with Crippen LogP contribution in [0.4, 0.5) is 0 Å². The zero-order valence-electron chi connectivity index (χ0n) is 12.5. The number of benzene rings is 2. The molecule has 4 heteroatoms. The van der Waals surface area contributed by atoms with Crippen molar-refractivity contribution in [3.05, 3.63) is 53.6 Å². The summed E-state index contributed by atoms with van der Waals surface area (Å²) in [5, 5.41) is 9.71. The van der Waals surface area contributed by atoms with Crippen molar-refractivity contribution in [2.45, 2.75) is 19.6 Å². The molecule has 0 aromatic heterocycles. The molecular weight excluding hydrogens is 268 g/mol. The fourth-order valence-electron chi connectivity index (χ4n) is 2.01. The number of aliphatic hydroxyl groups is 1. The van der Waals surface area contributed by atoms with E-state index in [-0.39, 0.29) is 0 Å². The fraction of sp³-hybridized carbons (Fsp3) is 0.294. The third-order valence-corrected chi connectivity index (χ3v) is 3.19. The fourth-order valence-corrected chi connectivity index (χ4v) is 2.01. The van der Waals surface area contributed by atoms with E-state index in [2.05, 4.69) is 0 Å². The van der Waals surface area contributed by atoms with E-state index in [0.29, 0.717) is 23.9 Å². The summed E-state index contributed by atoms with van der Waals surface area (Å²) in [6.45, 7) is 2.11. The van der Waals surface area contributed by atoms with Crippen LogP contribution in [0.25, 0.3) is 0 Å². The molecule has 112 valence electrons. The van der Waals surface area contributed by atoms with Gasteiger partial charge in [0.15, 0.2) is 11.5 Å². The lowest BCUT2D eigenvalue weighted by Gasteiger charge is -2.17. The van der Waals surface area contributed by atoms with Crippen LogP contribution in [0.2, 0.25) is 0 Å². The lowest BCUT2D eigenvalue weighted by Crippen LogP contribution is -2.02. The Labute approximate surface area is 124 Å². The van der Waals surface area contributed by atoms with Gasteiger partial charge in [0.2, 0.25) is 5.75 Å². The van der Waals surface area contributed by atoms with E-state index in [1.807, 2.05) is 30.3 Å². The SMILES string of the molecule is COc1cc(C(C)O)cc(OC)c1OCc1ccccc1. The third-order valence-electron chi connectivity index (χ3n) is 3.19. The zero-order chi connectivity index (χ0) is 15.2. The van der Waals surface area contributed by atoms with Crippen LogP contribution in [0.3, 0.4) is 0 Å². The maximum Gasteiger partial charge on any atom is 0.203 e. The Morgan fingerprint density at radius 1 is 1.00 bits per heavy atom. The summed E-state index contributed by atoms with van der Waals surface area (Å²) >= 11 is 0. The van der Waals surface area contributed by atoms with Crippen LogP contribution in [0.1, 0.15) is 24.2 Å². The molecule has 0 aliphatic carbocycles. The zero-order valence-corrected chi connectivity index (χ0v) is 12.5. The predicted octanol–water partition coefficient (Wildman–Crippen LogP) is 3.34. The molecule has 0 aliphatic rings. The number of methoxy groups -OCH3 is 2. The first-order chi connectivity index (χ1) is 10.2.